The number of nitrogens with zero attached hydrogens (tertiary/aromatic N) is 4. The molecule has 0 saturated carbocycles. The third-order valence-corrected chi connectivity index (χ3v) is 3.90. The summed E-state index contributed by atoms with van der Waals surface area (Å²) in [5, 5.41) is 8.30. The van der Waals surface area contributed by atoms with Crippen LogP contribution in [0.2, 0.25) is 0 Å². The number of anilines is 2. The second-order valence-electron chi connectivity index (χ2n) is 6.61. The molecule has 0 spiro atoms. The first kappa shape index (κ1) is 25.8. The van der Waals surface area contributed by atoms with E-state index in [0.29, 0.717) is 6.42 Å². The maximum atomic E-state index is 8.30. The van der Waals surface area contributed by atoms with Crippen molar-refractivity contribution >= 4 is 11.4 Å². The Morgan fingerprint density at radius 3 is 1.50 bits per heavy atom. The first-order valence-electron chi connectivity index (χ1n) is 9.47. The topological polar surface area (TPSA) is 33.2 Å². The zero-order valence-corrected chi connectivity index (χ0v) is 20.0. The van der Waals surface area contributed by atoms with Crippen molar-refractivity contribution in [2.75, 3.05) is 23.9 Å². The molecule has 2 aliphatic rings. The number of hydrogen-bond donors (Lipinski definition) is 1. The Hall–Kier alpha value is -2.27. The van der Waals surface area contributed by atoms with E-state index in [1.165, 1.54) is 0 Å². The molecule has 6 heteroatoms. The Morgan fingerprint density at radius 1 is 0.867 bits per heavy atom. The Balaban J connectivity index is 0.000000241. The zero-order valence-electron chi connectivity index (χ0n) is 17.6. The van der Waals surface area contributed by atoms with Crippen LogP contribution in [0.3, 0.4) is 0 Å². The third-order valence-electron chi connectivity index (χ3n) is 3.90. The Kier molecular flexibility index (Phi) is 11.9. The van der Waals surface area contributed by atoms with Gasteiger partial charge in [0.1, 0.15) is 0 Å². The number of para-hydroxylation sites is 2. The van der Waals surface area contributed by atoms with Crippen LogP contribution in [0, 0.1) is 32.4 Å². The summed E-state index contributed by atoms with van der Waals surface area (Å²) in [6.45, 7) is 9.16. The van der Waals surface area contributed by atoms with E-state index in [1.54, 1.807) is 6.92 Å². The zero-order chi connectivity index (χ0) is 21.1. The quantitative estimate of drug-likeness (QED) is 0.549. The van der Waals surface area contributed by atoms with Gasteiger partial charge in [0.05, 0.1) is 0 Å². The van der Waals surface area contributed by atoms with E-state index in [9.17, 15) is 0 Å². The van der Waals surface area contributed by atoms with E-state index in [2.05, 4.69) is 19.1 Å². The molecule has 1 unspecified atom stereocenters. The molecule has 2 aromatic rings. The van der Waals surface area contributed by atoms with Crippen molar-refractivity contribution in [3.63, 3.8) is 0 Å². The molecule has 1 radical (unpaired) electrons. The Morgan fingerprint density at radius 2 is 1.27 bits per heavy atom. The smallest absolute Gasteiger partial charge is 0.0241 e. The summed E-state index contributed by atoms with van der Waals surface area (Å²) in [4.78, 5) is 8.06. The number of aliphatic hydroxyl groups is 1. The molecule has 0 fully saturated rings. The predicted octanol–water partition coefficient (Wildman–Crippen LogP) is 4.25. The van der Waals surface area contributed by atoms with Gasteiger partial charge in [0.2, 0.25) is 0 Å². The van der Waals surface area contributed by atoms with Crippen molar-refractivity contribution < 1.29 is 25.2 Å². The van der Waals surface area contributed by atoms with Gasteiger partial charge in [-0.25, -0.2) is 0 Å². The summed E-state index contributed by atoms with van der Waals surface area (Å²) in [5.74, 6) is 0. The second kappa shape index (κ2) is 13.9. The van der Waals surface area contributed by atoms with Crippen LogP contribution < -0.4 is 9.80 Å². The molecule has 0 amide bonds. The van der Waals surface area contributed by atoms with Crippen LogP contribution in [0.15, 0.2) is 73.3 Å². The molecule has 2 heterocycles. The van der Waals surface area contributed by atoms with Crippen molar-refractivity contribution in [3.8, 4) is 0 Å². The molecule has 5 nitrogen and oxygen atoms in total. The Labute approximate surface area is 195 Å². The van der Waals surface area contributed by atoms with E-state index in [-0.39, 0.29) is 26.2 Å². The summed E-state index contributed by atoms with van der Waals surface area (Å²) in [5.41, 5.74) is 2.14. The average Bonchev–Trinajstić information content (AvgIpc) is 3.39. The number of aliphatic hydroxyl groups excluding tert-OH is 1. The molecule has 30 heavy (non-hydrogen) atoms. The van der Waals surface area contributed by atoms with Gasteiger partial charge < -0.3 is 31.6 Å². The van der Waals surface area contributed by atoms with Gasteiger partial charge in [-0.1, -0.05) is 0 Å². The molecule has 165 valence electrons. The fraction of sp³-hybridized carbons (Fsp3) is 0.208. The fourth-order valence-electron chi connectivity index (χ4n) is 2.27. The minimum atomic E-state index is -0.227. The van der Waals surface area contributed by atoms with Crippen LogP contribution >= 0.6 is 0 Å². The van der Waals surface area contributed by atoms with Gasteiger partial charge in [-0.2, -0.15) is 80.4 Å². The standard InChI is InChI=1S/2C10H10N2.C4H9O.Ir/c2*1-11-7-8-12(9-11)10-5-3-2-4-6-10;1-3-4(2)5;/h2*2-5,7-9H,1H3;4-5H,1,3H2,2H3;/q2*-2;-1;. The monoisotopic (exact) mass is 582 g/mol. The molecule has 0 aliphatic carbocycles. The second-order valence-corrected chi connectivity index (χ2v) is 6.61. The van der Waals surface area contributed by atoms with Gasteiger partial charge in [0.15, 0.2) is 0 Å². The van der Waals surface area contributed by atoms with Crippen molar-refractivity contribution in [3.05, 3.63) is 106 Å². The van der Waals surface area contributed by atoms with Crippen LogP contribution in [0.5, 0.6) is 0 Å². The molecule has 0 bridgehead atoms. The summed E-state index contributed by atoms with van der Waals surface area (Å²) in [6.07, 6.45) is 8.40. The van der Waals surface area contributed by atoms with Gasteiger partial charge in [-0.15, -0.1) is 11.4 Å². The molecular formula is C24H29IrN4O-5. The van der Waals surface area contributed by atoms with E-state index in [4.69, 9.17) is 5.11 Å². The molecule has 1 atom stereocenters. The van der Waals surface area contributed by atoms with Gasteiger partial charge in [-0.3, -0.25) is 0 Å². The fourth-order valence-corrected chi connectivity index (χ4v) is 2.27. The normalized spacial score (nSPS) is 15.1. The average molecular weight is 582 g/mol. The first-order valence-corrected chi connectivity index (χ1v) is 9.47. The number of hydrogen-bond acceptors (Lipinski definition) is 5. The van der Waals surface area contributed by atoms with Crippen LogP contribution in [0.25, 0.3) is 0 Å². The SMILES string of the molecule is CN1C=CN(c2[c-]cccc2)[CH-]1.CN1C=CN(c2[c-]cccc2)[CH-]1.[CH2-]CC(C)O.[Ir]. The first-order chi connectivity index (χ1) is 14.0. The third kappa shape index (κ3) is 9.04. The van der Waals surface area contributed by atoms with E-state index >= 15 is 0 Å². The van der Waals surface area contributed by atoms with E-state index in [1.807, 2.05) is 120 Å². The molecule has 0 saturated heterocycles. The molecule has 0 aromatic heterocycles. The van der Waals surface area contributed by atoms with E-state index < -0.39 is 0 Å². The number of rotatable bonds is 3. The van der Waals surface area contributed by atoms with Gasteiger partial charge in [-0.05, 0) is 45.8 Å². The predicted molar refractivity (Wildman–Crippen MR) is 120 cm³/mol. The van der Waals surface area contributed by atoms with Crippen molar-refractivity contribution in [2.45, 2.75) is 19.4 Å². The summed E-state index contributed by atoms with van der Waals surface area (Å²) in [6, 6.07) is 22.1. The van der Waals surface area contributed by atoms with Gasteiger partial charge in [0, 0.05) is 26.2 Å². The van der Waals surface area contributed by atoms with Gasteiger partial charge in [0.25, 0.3) is 0 Å². The minimum Gasteiger partial charge on any atom is -0.510 e. The maximum Gasteiger partial charge on any atom is 0.0241 e. The molecular weight excluding hydrogens is 553 g/mol. The summed E-state index contributed by atoms with van der Waals surface area (Å²) < 4.78 is 0. The van der Waals surface area contributed by atoms with Crippen LogP contribution in [0.1, 0.15) is 13.3 Å². The van der Waals surface area contributed by atoms with Crippen molar-refractivity contribution in [2.24, 2.45) is 0 Å². The molecule has 1 N–H and O–H groups in total. The summed E-state index contributed by atoms with van der Waals surface area (Å²) in [7, 11) is 4.00. The minimum absolute atomic E-state index is 0. The molecule has 2 aliphatic heterocycles. The Bertz CT molecular complexity index is 691. The maximum absolute atomic E-state index is 8.30. The number of benzene rings is 2. The van der Waals surface area contributed by atoms with Crippen LogP contribution in [-0.4, -0.2) is 35.1 Å². The van der Waals surface area contributed by atoms with Crippen LogP contribution in [-0.2, 0) is 20.1 Å². The van der Waals surface area contributed by atoms with E-state index in [0.717, 1.165) is 11.4 Å². The van der Waals surface area contributed by atoms with Gasteiger partial charge >= 0.3 is 0 Å². The largest absolute Gasteiger partial charge is 0.510 e. The summed E-state index contributed by atoms with van der Waals surface area (Å²) >= 11 is 0. The van der Waals surface area contributed by atoms with Crippen molar-refractivity contribution in [1.82, 2.24) is 9.80 Å². The molecule has 2 aromatic carbocycles. The van der Waals surface area contributed by atoms with Crippen molar-refractivity contribution in [1.29, 1.82) is 0 Å². The van der Waals surface area contributed by atoms with Crippen LogP contribution in [0.4, 0.5) is 11.4 Å². The molecule has 4 rings (SSSR count).